The molecule has 0 aliphatic heterocycles. The fourth-order valence-corrected chi connectivity index (χ4v) is 6.51. The van der Waals surface area contributed by atoms with Gasteiger partial charge < -0.3 is 18.7 Å². The highest BCUT2D eigenvalue weighted by atomic mass is 28.2. The fraction of sp³-hybridized carbons (Fsp3) is 0.568. The largest absolute Gasteiger partial charge is 0.489 e. The van der Waals surface area contributed by atoms with Crippen LogP contribution >= 0.6 is 0 Å². The number of rotatable bonds is 14. The van der Waals surface area contributed by atoms with Gasteiger partial charge in [-0.05, 0) is 104 Å². The minimum atomic E-state index is -0.784. The van der Waals surface area contributed by atoms with E-state index < -0.39 is 36.3 Å². The minimum absolute atomic E-state index is 0.192. The molecular weight excluding hydrogens is 565 g/mol. The molecule has 0 aliphatic carbocycles. The first-order valence-electron chi connectivity index (χ1n) is 15.9. The van der Waals surface area contributed by atoms with Gasteiger partial charge in [-0.1, -0.05) is 97.9 Å². The number of benzene rings is 2. The van der Waals surface area contributed by atoms with Gasteiger partial charge in [0, 0.05) is 0 Å². The van der Waals surface area contributed by atoms with Crippen LogP contribution in [0.25, 0.3) is 5.57 Å². The Morgan fingerprint density at radius 2 is 1.33 bits per heavy atom. The lowest BCUT2D eigenvalue weighted by Crippen LogP contribution is -2.34. The summed E-state index contributed by atoms with van der Waals surface area (Å²) in [7, 11) is -1.54. The topological polar surface area (TPSA) is 47.9 Å². The number of allylic oxidation sites excluding steroid dienone is 3. The Balaban J connectivity index is 2.34. The van der Waals surface area contributed by atoms with Crippen molar-refractivity contribution in [3.63, 3.8) is 0 Å². The summed E-state index contributed by atoms with van der Waals surface area (Å²) in [6, 6.07) is 14.9. The van der Waals surface area contributed by atoms with Crippen LogP contribution in [0.5, 0.6) is 5.75 Å². The zero-order valence-electron chi connectivity index (χ0n) is 29.5. The van der Waals surface area contributed by atoms with Crippen LogP contribution in [0.2, 0.25) is 10.1 Å². The summed E-state index contributed by atoms with van der Waals surface area (Å²) >= 11 is 0. The van der Waals surface area contributed by atoms with Crippen molar-refractivity contribution in [3.05, 3.63) is 82.9 Å². The van der Waals surface area contributed by atoms with Gasteiger partial charge in [-0.2, -0.15) is 0 Å². The highest BCUT2D eigenvalue weighted by Crippen LogP contribution is 2.40. The van der Waals surface area contributed by atoms with E-state index in [4.69, 9.17) is 13.6 Å². The van der Waals surface area contributed by atoms with Crippen molar-refractivity contribution >= 4 is 25.1 Å². The second kappa shape index (κ2) is 14.9. The maximum atomic E-state index is 10.5. The maximum absolute atomic E-state index is 10.5. The molecule has 4 nitrogen and oxygen atoms in total. The molecule has 0 fully saturated rings. The van der Waals surface area contributed by atoms with Gasteiger partial charge in [-0.3, -0.25) is 0 Å². The Labute approximate surface area is 268 Å². The first-order chi connectivity index (χ1) is 19.7. The molecule has 6 heteroatoms. The lowest BCUT2D eigenvalue weighted by molar-refractivity contribution is 0.0826. The number of hydrogen-bond donors (Lipinski definition) is 1. The molecule has 0 heterocycles. The molecule has 0 radical (unpaired) electrons. The molecule has 0 bridgehead atoms. The third kappa shape index (κ3) is 12.2. The first-order valence-corrected chi connectivity index (χ1v) is 18.5. The first kappa shape index (κ1) is 37.2. The number of aliphatic hydroxyl groups is 1. The zero-order valence-corrected chi connectivity index (χ0v) is 32.3. The van der Waals surface area contributed by atoms with Crippen LogP contribution in [0.4, 0.5) is 0 Å². The summed E-state index contributed by atoms with van der Waals surface area (Å²) in [5.74, 6) is 0.829. The molecule has 2 rings (SSSR count). The summed E-state index contributed by atoms with van der Waals surface area (Å²) in [5.41, 5.74) is 4.05. The molecule has 2 aromatic rings. The van der Waals surface area contributed by atoms with Gasteiger partial charge >= 0.3 is 0 Å². The number of ether oxygens (including phenoxy) is 1. The Hall–Kier alpha value is -1.97. The fourth-order valence-electron chi connectivity index (χ4n) is 4.61. The second-order valence-corrected chi connectivity index (χ2v) is 20.8. The predicted octanol–water partition coefficient (Wildman–Crippen LogP) is 8.88. The van der Waals surface area contributed by atoms with Gasteiger partial charge in [-0.15, -0.1) is 0 Å². The summed E-state index contributed by atoms with van der Waals surface area (Å²) in [4.78, 5) is 0. The third-order valence-electron chi connectivity index (χ3n) is 7.79. The molecule has 0 unspecified atom stereocenters. The Kier molecular flexibility index (Phi) is 12.9. The van der Waals surface area contributed by atoms with Gasteiger partial charge in [0.15, 0.2) is 19.5 Å². The molecule has 0 aliphatic rings. The molecule has 0 atom stereocenters. The summed E-state index contributed by atoms with van der Waals surface area (Å²) < 4.78 is 19.8. The zero-order chi connectivity index (χ0) is 32.7. The lowest BCUT2D eigenvalue weighted by Gasteiger charge is -2.37. The quantitative estimate of drug-likeness (QED) is 0.168. The monoisotopic (exact) mass is 624 g/mol. The van der Waals surface area contributed by atoms with Crippen molar-refractivity contribution in [1.29, 1.82) is 0 Å². The Bertz CT molecular complexity index is 1240. The van der Waals surface area contributed by atoms with Crippen molar-refractivity contribution in [2.45, 2.75) is 136 Å². The van der Waals surface area contributed by atoms with Gasteiger partial charge in [0.25, 0.3) is 0 Å². The normalized spacial score (nSPS) is 14.6. The van der Waals surface area contributed by atoms with E-state index in [1.165, 1.54) is 5.56 Å². The van der Waals surface area contributed by atoms with Gasteiger partial charge in [0.1, 0.15) is 12.4 Å². The van der Waals surface area contributed by atoms with Gasteiger partial charge in [-0.25, -0.2) is 0 Å². The molecule has 43 heavy (non-hydrogen) atoms. The van der Waals surface area contributed by atoms with Crippen molar-refractivity contribution in [2.24, 2.45) is 0 Å². The SMILES string of the molecule is CCC(O)(C=CC=C(C)c1cccc(COc2ccc(C(C)(C)O[SiH2]C(C)(C)C)c(C(C)(C)O[SiH2]C(C)(C)C)c2)c1)CC. The lowest BCUT2D eigenvalue weighted by atomic mass is 9.85. The van der Waals surface area contributed by atoms with E-state index >= 15 is 0 Å². The van der Waals surface area contributed by atoms with Gasteiger partial charge in [0.05, 0.1) is 16.8 Å². The van der Waals surface area contributed by atoms with Crippen molar-refractivity contribution < 1.29 is 18.7 Å². The summed E-state index contributed by atoms with van der Waals surface area (Å²) in [5, 5.41) is 10.9. The Morgan fingerprint density at radius 1 is 0.767 bits per heavy atom. The van der Waals surface area contributed by atoms with Crippen LogP contribution in [-0.4, -0.2) is 30.2 Å². The van der Waals surface area contributed by atoms with E-state index in [0.717, 1.165) is 28.0 Å². The van der Waals surface area contributed by atoms with Crippen LogP contribution < -0.4 is 4.74 Å². The van der Waals surface area contributed by atoms with Crippen molar-refractivity contribution in [1.82, 2.24) is 0 Å². The maximum Gasteiger partial charge on any atom is 0.168 e. The van der Waals surface area contributed by atoms with Crippen LogP contribution in [0.15, 0.2) is 60.7 Å². The van der Waals surface area contributed by atoms with Crippen LogP contribution in [0, 0.1) is 0 Å². The van der Waals surface area contributed by atoms with Gasteiger partial charge in [0.2, 0.25) is 0 Å². The van der Waals surface area contributed by atoms with E-state index in [-0.39, 0.29) is 10.1 Å². The molecule has 1 N–H and O–H groups in total. The average molecular weight is 625 g/mol. The molecule has 0 aromatic heterocycles. The Morgan fingerprint density at radius 3 is 1.86 bits per heavy atom. The highest BCUT2D eigenvalue weighted by Gasteiger charge is 2.34. The average Bonchev–Trinajstić information content (AvgIpc) is 2.93. The molecule has 2 aromatic carbocycles. The molecule has 0 saturated carbocycles. The van der Waals surface area contributed by atoms with Crippen LogP contribution in [-0.2, 0) is 26.7 Å². The van der Waals surface area contributed by atoms with E-state index in [1.54, 1.807) is 0 Å². The molecule has 0 spiro atoms. The molecule has 0 amide bonds. The predicted molar refractivity (Wildman–Crippen MR) is 190 cm³/mol. The molecule has 240 valence electrons. The molecule has 0 saturated heterocycles. The van der Waals surface area contributed by atoms with Crippen molar-refractivity contribution in [3.8, 4) is 5.75 Å². The smallest absolute Gasteiger partial charge is 0.168 e. The van der Waals surface area contributed by atoms with Crippen molar-refractivity contribution in [2.75, 3.05) is 0 Å². The molecular formula is C37H60O4Si2. The van der Waals surface area contributed by atoms with E-state index in [0.29, 0.717) is 19.4 Å². The standard InChI is InChI=1S/C37H60O4Si2/c1-14-37(38,15-2)23-17-18-27(3)29-20-16-19-28(24-29)26-39-30-21-22-31(35(10,11)40-42-33(4,5)6)32(25-30)36(12,13)41-43-34(7,8)9/h16-25,38H,14-15,26,42-43H2,1-13H3. The highest BCUT2D eigenvalue weighted by molar-refractivity contribution is 6.32. The van der Waals surface area contributed by atoms with E-state index in [9.17, 15) is 5.11 Å². The minimum Gasteiger partial charge on any atom is -0.489 e. The second-order valence-electron chi connectivity index (χ2n) is 15.4. The summed E-state index contributed by atoms with van der Waals surface area (Å²) in [6.45, 7) is 28.9. The van der Waals surface area contributed by atoms with E-state index in [1.807, 2.05) is 26.0 Å². The number of hydrogen-bond acceptors (Lipinski definition) is 4. The van der Waals surface area contributed by atoms with Crippen LogP contribution in [0.3, 0.4) is 0 Å². The third-order valence-corrected chi connectivity index (χ3v) is 11.2. The summed E-state index contributed by atoms with van der Waals surface area (Å²) in [6.07, 6.45) is 7.34. The van der Waals surface area contributed by atoms with Crippen LogP contribution in [0.1, 0.15) is 125 Å². The van der Waals surface area contributed by atoms with E-state index in [2.05, 4.69) is 125 Å².